The van der Waals surface area contributed by atoms with E-state index in [1.807, 2.05) is 6.07 Å². The molecule has 6 heteroatoms. The van der Waals surface area contributed by atoms with Gasteiger partial charge in [0.05, 0.1) is 23.5 Å². The third-order valence-electron chi connectivity index (χ3n) is 2.94. The van der Waals surface area contributed by atoms with Crippen LogP contribution in [0.25, 0.3) is 16.9 Å². The highest BCUT2D eigenvalue weighted by Crippen LogP contribution is 2.21. The third kappa shape index (κ3) is 1.78. The summed E-state index contributed by atoms with van der Waals surface area (Å²) in [5, 5.41) is 21.9. The van der Waals surface area contributed by atoms with Gasteiger partial charge in [0, 0.05) is 11.8 Å². The largest absolute Gasteiger partial charge is 0.477 e. The highest BCUT2D eigenvalue weighted by Gasteiger charge is 2.14. The van der Waals surface area contributed by atoms with E-state index in [9.17, 15) is 4.79 Å². The molecule has 0 aliphatic rings. The molecular weight excluding hydrogens is 256 g/mol. The Hall–Kier alpha value is -3.20. The summed E-state index contributed by atoms with van der Waals surface area (Å²) in [4.78, 5) is 15.1. The number of aromatic carboxylic acids is 1. The van der Waals surface area contributed by atoms with Gasteiger partial charge in [-0.1, -0.05) is 12.1 Å². The fraction of sp³-hybridized carbons (Fsp3) is 0. The first-order valence-electron chi connectivity index (χ1n) is 5.77. The molecule has 0 atom stereocenters. The first-order chi connectivity index (χ1) is 9.70. The van der Waals surface area contributed by atoms with Gasteiger partial charge in [-0.3, -0.25) is 0 Å². The van der Waals surface area contributed by atoms with Crippen molar-refractivity contribution in [1.82, 2.24) is 14.6 Å². The van der Waals surface area contributed by atoms with E-state index in [1.54, 1.807) is 30.3 Å². The van der Waals surface area contributed by atoms with Gasteiger partial charge in [0.25, 0.3) is 0 Å². The lowest BCUT2D eigenvalue weighted by molar-refractivity contribution is 0.0699. The topological polar surface area (TPSA) is 91.3 Å². The number of aromatic nitrogens is 3. The first kappa shape index (κ1) is 11.9. The molecule has 2 aromatic heterocycles. The van der Waals surface area contributed by atoms with Gasteiger partial charge in [-0.15, -0.1) is 0 Å². The van der Waals surface area contributed by atoms with E-state index < -0.39 is 5.97 Å². The summed E-state index contributed by atoms with van der Waals surface area (Å²) in [7, 11) is 0. The van der Waals surface area contributed by atoms with Crippen molar-refractivity contribution in [2.24, 2.45) is 0 Å². The standard InChI is InChI=1S/C14H8N4O2/c15-7-9-1-3-10(4-2-9)12-5-6-16-13-11(14(19)20)8-17-18(12)13/h1-6,8H,(H,19,20). The van der Waals surface area contributed by atoms with Crippen LogP contribution in [0.2, 0.25) is 0 Å². The second-order valence-corrected chi connectivity index (χ2v) is 4.12. The zero-order valence-electron chi connectivity index (χ0n) is 10.2. The van der Waals surface area contributed by atoms with Gasteiger partial charge in [0.1, 0.15) is 5.56 Å². The number of carboxylic acid groups (broad SMARTS) is 1. The van der Waals surface area contributed by atoms with Gasteiger partial charge in [-0.25, -0.2) is 14.3 Å². The summed E-state index contributed by atoms with van der Waals surface area (Å²) in [5.41, 5.74) is 2.45. The number of hydrogen-bond acceptors (Lipinski definition) is 4. The molecule has 0 amide bonds. The van der Waals surface area contributed by atoms with E-state index in [0.29, 0.717) is 16.9 Å². The molecule has 0 bridgehead atoms. The van der Waals surface area contributed by atoms with Gasteiger partial charge in [0.15, 0.2) is 5.65 Å². The van der Waals surface area contributed by atoms with Gasteiger partial charge >= 0.3 is 5.97 Å². The fourth-order valence-corrected chi connectivity index (χ4v) is 1.98. The van der Waals surface area contributed by atoms with Crippen molar-refractivity contribution in [2.45, 2.75) is 0 Å². The molecule has 20 heavy (non-hydrogen) atoms. The summed E-state index contributed by atoms with van der Waals surface area (Å²) < 4.78 is 1.48. The molecule has 1 N–H and O–H groups in total. The van der Waals surface area contributed by atoms with Gasteiger partial charge in [-0.05, 0) is 18.2 Å². The summed E-state index contributed by atoms with van der Waals surface area (Å²) in [5.74, 6) is -1.07. The molecule has 0 saturated heterocycles. The Morgan fingerprint density at radius 2 is 2.00 bits per heavy atom. The molecule has 1 aromatic carbocycles. The number of nitrogens with zero attached hydrogens (tertiary/aromatic N) is 4. The minimum Gasteiger partial charge on any atom is -0.477 e. The number of carboxylic acids is 1. The van der Waals surface area contributed by atoms with Crippen molar-refractivity contribution in [1.29, 1.82) is 5.26 Å². The van der Waals surface area contributed by atoms with E-state index >= 15 is 0 Å². The van der Waals surface area contributed by atoms with Crippen LogP contribution in [-0.4, -0.2) is 25.7 Å². The molecule has 3 rings (SSSR count). The first-order valence-corrected chi connectivity index (χ1v) is 5.77. The molecule has 0 fully saturated rings. The van der Waals surface area contributed by atoms with Gasteiger partial charge < -0.3 is 5.11 Å². The van der Waals surface area contributed by atoms with Crippen LogP contribution in [0.1, 0.15) is 15.9 Å². The molecule has 6 nitrogen and oxygen atoms in total. The maximum atomic E-state index is 11.1. The van der Waals surface area contributed by atoms with Crippen molar-refractivity contribution in [3.63, 3.8) is 0 Å². The Morgan fingerprint density at radius 1 is 1.25 bits per heavy atom. The Kier molecular flexibility index (Phi) is 2.66. The molecule has 2 heterocycles. The zero-order chi connectivity index (χ0) is 14.1. The van der Waals surface area contributed by atoms with Gasteiger partial charge in [-0.2, -0.15) is 10.4 Å². The smallest absolute Gasteiger partial charge is 0.341 e. The van der Waals surface area contributed by atoms with Crippen molar-refractivity contribution in [3.05, 3.63) is 53.9 Å². The molecule has 0 unspecified atom stereocenters. The van der Waals surface area contributed by atoms with E-state index in [2.05, 4.69) is 10.1 Å². The van der Waals surface area contributed by atoms with Crippen molar-refractivity contribution < 1.29 is 9.90 Å². The second-order valence-electron chi connectivity index (χ2n) is 4.12. The van der Waals surface area contributed by atoms with Crippen LogP contribution in [0.3, 0.4) is 0 Å². The number of hydrogen-bond donors (Lipinski definition) is 1. The van der Waals surface area contributed by atoms with Crippen LogP contribution in [-0.2, 0) is 0 Å². The summed E-state index contributed by atoms with van der Waals surface area (Å²) in [6, 6.07) is 10.8. The summed E-state index contributed by atoms with van der Waals surface area (Å²) >= 11 is 0. The predicted octanol–water partition coefficient (Wildman–Crippen LogP) is 1.97. The van der Waals surface area contributed by atoms with Crippen LogP contribution in [0, 0.1) is 11.3 Å². The van der Waals surface area contributed by atoms with Gasteiger partial charge in [0.2, 0.25) is 0 Å². The molecule has 96 valence electrons. The maximum Gasteiger partial charge on any atom is 0.341 e. The van der Waals surface area contributed by atoms with Crippen molar-refractivity contribution in [3.8, 4) is 17.3 Å². The number of fused-ring (bicyclic) bond motifs is 1. The van der Waals surface area contributed by atoms with Crippen molar-refractivity contribution >= 4 is 11.6 Å². The lowest BCUT2D eigenvalue weighted by atomic mass is 10.1. The second kappa shape index (κ2) is 4.48. The quantitative estimate of drug-likeness (QED) is 0.764. The predicted molar refractivity (Wildman–Crippen MR) is 70.1 cm³/mol. The molecular formula is C14H8N4O2. The van der Waals surface area contributed by atoms with Crippen LogP contribution >= 0.6 is 0 Å². The number of benzene rings is 1. The highest BCUT2D eigenvalue weighted by molar-refractivity contribution is 5.94. The van der Waals surface area contributed by atoms with E-state index in [1.165, 1.54) is 16.9 Å². The van der Waals surface area contributed by atoms with Crippen LogP contribution in [0.5, 0.6) is 0 Å². The third-order valence-corrected chi connectivity index (χ3v) is 2.94. The summed E-state index contributed by atoms with van der Waals surface area (Å²) in [6.45, 7) is 0. The number of nitriles is 1. The van der Waals surface area contributed by atoms with E-state index in [-0.39, 0.29) is 5.56 Å². The Bertz CT molecular complexity index is 844. The normalized spacial score (nSPS) is 10.3. The Morgan fingerprint density at radius 3 is 2.65 bits per heavy atom. The minimum absolute atomic E-state index is 0.0560. The average Bonchev–Trinajstić information content (AvgIpc) is 2.91. The SMILES string of the molecule is N#Cc1ccc(-c2ccnc3c(C(=O)O)cnn23)cc1. The van der Waals surface area contributed by atoms with Crippen LogP contribution in [0.15, 0.2) is 42.7 Å². The van der Waals surface area contributed by atoms with Crippen molar-refractivity contribution in [2.75, 3.05) is 0 Å². The molecule has 0 radical (unpaired) electrons. The molecule has 3 aromatic rings. The highest BCUT2D eigenvalue weighted by atomic mass is 16.4. The van der Waals surface area contributed by atoms with Crippen LogP contribution < -0.4 is 0 Å². The maximum absolute atomic E-state index is 11.1. The number of carbonyl (C=O) groups is 1. The van der Waals surface area contributed by atoms with E-state index in [0.717, 1.165) is 5.56 Å². The average molecular weight is 264 g/mol. The zero-order valence-corrected chi connectivity index (χ0v) is 10.2. The summed E-state index contributed by atoms with van der Waals surface area (Å²) in [6.07, 6.45) is 2.81. The monoisotopic (exact) mass is 264 g/mol. The van der Waals surface area contributed by atoms with Crippen LogP contribution in [0.4, 0.5) is 0 Å². The molecule has 0 aliphatic carbocycles. The minimum atomic E-state index is -1.07. The molecule has 0 aliphatic heterocycles. The fourth-order valence-electron chi connectivity index (χ4n) is 1.98. The lowest BCUT2D eigenvalue weighted by Gasteiger charge is -2.04. The Balaban J connectivity index is 2.21. The molecule has 0 spiro atoms. The van der Waals surface area contributed by atoms with E-state index in [4.69, 9.17) is 10.4 Å². The lowest BCUT2D eigenvalue weighted by Crippen LogP contribution is -1.99. The Labute approximate surface area is 113 Å². The number of rotatable bonds is 2. The molecule has 0 saturated carbocycles.